The van der Waals surface area contributed by atoms with E-state index in [-0.39, 0.29) is 5.92 Å². The van der Waals surface area contributed by atoms with Gasteiger partial charge in [0.15, 0.2) is 0 Å². The largest absolute Gasteiger partial charge is 0.299 e. The number of hydrogen-bond acceptors (Lipinski definition) is 1. The minimum Gasteiger partial charge on any atom is -0.299 e. The average Bonchev–Trinajstić information content (AvgIpc) is 2.33. The number of ketones is 1. The van der Waals surface area contributed by atoms with Crippen LogP contribution in [-0.4, -0.2) is 5.78 Å². The van der Waals surface area contributed by atoms with Gasteiger partial charge in [-0.25, -0.2) is 0 Å². The molecule has 0 aromatic heterocycles. The molecule has 0 saturated heterocycles. The number of rotatable bonds is 3. The van der Waals surface area contributed by atoms with Crippen LogP contribution >= 0.6 is 23.2 Å². The summed E-state index contributed by atoms with van der Waals surface area (Å²) >= 11 is 12.1. The molecule has 1 nitrogen and oxygen atoms in total. The zero-order chi connectivity index (χ0) is 13.7. The SMILES string of the molecule is O=C(Cc1cc(Cl)ccc1Cl)C1CCCCCCC1. The van der Waals surface area contributed by atoms with Gasteiger partial charge in [0.25, 0.3) is 0 Å². The lowest BCUT2D eigenvalue weighted by Gasteiger charge is -2.18. The molecule has 19 heavy (non-hydrogen) atoms. The van der Waals surface area contributed by atoms with E-state index in [1.807, 2.05) is 6.07 Å². The maximum atomic E-state index is 12.4. The number of hydrogen-bond donors (Lipinski definition) is 0. The standard InChI is InChI=1S/C16H20Cl2O/c17-14-8-9-15(18)13(10-14)11-16(19)12-6-4-2-1-3-5-7-12/h8-10,12H,1-7,11H2. The Morgan fingerprint density at radius 2 is 1.68 bits per heavy atom. The molecular formula is C16H20Cl2O. The number of carbonyl (C=O) groups excluding carboxylic acids is 1. The summed E-state index contributed by atoms with van der Waals surface area (Å²) in [4.78, 5) is 12.4. The van der Waals surface area contributed by atoms with Crippen LogP contribution in [0.3, 0.4) is 0 Å². The van der Waals surface area contributed by atoms with E-state index >= 15 is 0 Å². The number of benzene rings is 1. The van der Waals surface area contributed by atoms with Crippen LogP contribution in [0.25, 0.3) is 0 Å². The third-order valence-corrected chi connectivity index (χ3v) is 4.54. The summed E-state index contributed by atoms with van der Waals surface area (Å²) in [5, 5.41) is 1.29. The first-order valence-corrected chi connectivity index (χ1v) is 7.89. The van der Waals surface area contributed by atoms with E-state index < -0.39 is 0 Å². The lowest BCUT2D eigenvalue weighted by Crippen LogP contribution is -2.18. The van der Waals surface area contributed by atoms with Crippen LogP contribution in [0, 0.1) is 5.92 Å². The maximum Gasteiger partial charge on any atom is 0.140 e. The van der Waals surface area contributed by atoms with Gasteiger partial charge in [0.05, 0.1) is 0 Å². The lowest BCUT2D eigenvalue weighted by atomic mass is 9.86. The number of carbonyl (C=O) groups is 1. The third-order valence-electron chi connectivity index (χ3n) is 3.93. The Hall–Kier alpha value is -0.530. The average molecular weight is 299 g/mol. The van der Waals surface area contributed by atoms with Gasteiger partial charge in [-0.15, -0.1) is 0 Å². The topological polar surface area (TPSA) is 17.1 Å². The molecule has 0 heterocycles. The van der Waals surface area contributed by atoms with E-state index in [1.165, 1.54) is 32.1 Å². The molecule has 0 aliphatic heterocycles. The molecule has 0 unspecified atom stereocenters. The molecule has 1 aliphatic carbocycles. The molecule has 0 amide bonds. The Kier molecular flexibility index (Phi) is 5.72. The van der Waals surface area contributed by atoms with Crippen molar-refractivity contribution in [3.05, 3.63) is 33.8 Å². The molecule has 0 radical (unpaired) electrons. The molecule has 0 bridgehead atoms. The van der Waals surface area contributed by atoms with E-state index in [0.717, 1.165) is 18.4 Å². The highest BCUT2D eigenvalue weighted by atomic mass is 35.5. The van der Waals surface area contributed by atoms with E-state index in [2.05, 4.69) is 0 Å². The second kappa shape index (κ2) is 7.31. The van der Waals surface area contributed by atoms with Gasteiger partial charge < -0.3 is 0 Å². The van der Waals surface area contributed by atoms with Crippen LogP contribution in [0.5, 0.6) is 0 Å². The summed E-state index contributed by atoms with van der Waals surface area (Å²) in [6.45, 7) is 0. The fourth-order valence-electron chi connectivity index (χ4n) is 2.79. The zero-order valence-electron chi connectivity index (χ0n) is 11.1. The predicted octanol–water partition coefficient (Wildman–Crippen LogP) is 5.47. The molecule has 1 fully saturated rings. The summed E-state index contributed by atoms with van der Waals surface area (Å²) in [5.41, 5.74) is 0.862. The summed E-state index contributed by atoms with van der Waals surface area (Å²) in [7, 11) is 0. The summed E-state index contributed by atoms with van der Waals surface area (Å²) in [6.07, 6.45) is 8.71. The van der Waals surface area contributed by atoms with Crippen LogP contribution in [0.2, 0.25) is 10.0 Å². The second-order valence-corrected chi connectivity index (χ2v) is 6.26. The quantitative estimate of drug-likeness (QED) is 0.723. The summed E-state index contributed by atoms with van der Waals surface area (Å²) in [5.74, 6) is 0.543. The maximum absolute atomic E-state index is 12.4. The molecule has 1 aliphatic rings. The van der Waals surface area contributed by atoms with Crippen molar-refractivity contribution in [3.8, 4) is 0 Å². The van der Waals surface area contributed by atoms with Gasteiger partial charge in [-0.3, -0.25) is 4.79 Å². The smallest absolute Gasteiger partial charge is 0.140 e. The molecule has 2 rings (SSSR count). The van der Waals surface area contributed by atoms with Gasteiger partial charge in [0, 0.05) is 22.4 Å². The van der Waals surface area contributed by atoms with E-state index in [0.29, 0.717) is 22.2 Å². The van der Waals surface area contributed by atoms with Crippen LogP contribution in [0.1, 0.15) is 50.5 Å². The van der Waals surface area contributed by atoms with Crippen molar-refractivity contribution in [1.82, 2.24) is 0 Å². The molecule has 0 atom stereocenters. The van der Waals surface area contributed by atoms with Crippen LogP contribution in [0.15, 0.2) is 18.2 Å². The van der Waals surface area contributed by atoms with Gasteiger partial charge in [-0.05, 0) is 36.6 Å². The van der Waals surface area contributed by atoms with Crippen molar-refractivity contribution in [2.75, 3.05) is 0 Å². The predicted molar refractivity (Wildman–Crippen MR) is 81.0 cm³/mol. The van der Waals surface area contributed by atoms with E-state index in [1.54, 1.807) is 12.1 Å². The number of halogens is 2. The molecule has 1 aromatic carbocycles. The zero-order valence-corrected chi connectivity index (χ0v) is 12.6. The lowest BCUT2D eigenvalue weighted by molar-refractivity contribution is -0.122. The molecule has 0 spiro atoms. The minimum atomic E-state index is 0.218. The Morgan fingerprint density at radius 3 is 2.37 bits per heavy atom. The Balaban J connectivity index is 2.00. The third kappa shape index (κ3) is 4.50. The first-order chi connectivity index (χ1) is 9.16. The molecule has 0 N–H and O–H groups in total. The van der Waals surface area contributed by atoms with E-state index in [4.69, 9.17) is 23.2 Å². The highest BCUT2D eigenvalue weighted by Gasteiger charge is 2.20. The van der Waals surface area contributed by atoms with Crippen molar-refractivity contribution in [1.29, 1.82) is 0 Å². The van der Waals surface area contributed by atoms with Crippen molar-refractivity contribution in [3.63, 3.8) is 0 Å². The fourth-order valence-corrected chi connectivity index (χ4v) is 3.17. The van der Waals surface area contributed by atoms with Gasteiger partial charge >= 0.3 is 0 Å². The first-order valence-electron chi connectivity index (χ1n) is 7.13. The normalized spacial score (nSPS) is 17.8. The Morgan fingerprint density at radius 1 is 1.05 bits per heavy atom. The monoisotopic (exact) mass is 298 g/mol. The van der Waals surface area contributed by atoms with Crippen LogP contribution < -0.4 is 0 Å². The molecule has 3 heteroatoms. The van der Waals surface area contributed by atoms with Crippen molar-refractivity contribution in [2.24, 2.45) is 5.92 Å². The summed E-state index contributed by atoms with van der Waals surface area (Å²) < 4.78 is 0. The highest BCUT2D eigenvalue weighted by Crippen LogP contribution is 2.26. The van der Waals surface area contributed by atoms with Gasteiger partial charge in [0.2, 0.25) is 0 Å². The molecule has 1 aromatic rings. The van der Waals surface area contributed by atoms with Gasteiger partial charge in [-0.1, -0.05) is 55.3 Å². The molecular weight excluding hydrogens is 279 g/mol. The van der Waals surface area contributed by atoms with Crippen LogP contribution in [0.4, 0.5) is 0 Å². The Bertz CT molecular complexity index is 434. The number of Topliss-reactive ketones (excluding diaryl/α,β-unsaturated/α-hetero) is 1. The second-order valence-electron chi connectivity index (χ2n) is 5.42. The van der Waals surface area contributed by atoms with E-state index in [9.17, 15) is 4.79 Å². The van der Waals surface area contributed by atoms with Crippen molar-refractivity contribution >= 4 is 29.0 Å². The first kappa shape index (κ1) is 14.9. The molecule has 1 saturated carbocycles. The van der Waals surface area contributed by atoms with Gasteiger partial charge in [0.1, 0.15) is 5.78 Å². The van der Waals surface area contributed by atoms with Gasteiger partial charge in [-0.2, -0.15) is 0 Å². The highest BCUT2D eigenvalue weighted by molar-refractivity contribution is 6.33. The molecule has 104 valence electrons. The Labute approximate surface area is 125 Å². The summed E-state index contributed by atoms with van der Waals surface area (Å²) in [6, 6.07) is 5.34. The van der Waals surface area contributed by atoms with Crippen LogP contribution in [-0.2, 0) is 11.2 Å². The minimum absolute atomic E-state index is 0.218. The van der Waals surface area contributed by atoms with Crippen molar-refractivity contribution in [2.45, 2.75) is 51.4 Å². The fraction of sp³-hybridized carbons (Fsp3) is 0.562. The van der Waals surface area contributed by atoms with Crippen molar-refractivity contribution < 1.29 is 4.79 Å².